The topological polar surface area (TPSA) is 140 Å². The lowest BCUT2D eigenvalue weighted by Crippen LogP contribution is -2.41. The van der Waals surface area contributed by atoms with E-state index in [-0.39, 0.29) is 24.2 Å². The van der Waals surface area contributed by atoms with Crippen molar-refractivity contribution in [3.05, 3.63) is 65.2 Å². The number of hydrogen-bond donors (Lipinski definition) is 4. The smallest absolute Gasteiger partial charge is 0.230 e. The van der Waals surface area contributed by atoms with Gasteiger partial charge in [-0.3, -0.25) is 9.59 Å². The first-order valence-corrected chi connectivity index (χ1v) is 13.4. The highest BCUT2D eigenvalue weighted by molar-refractivity contribution is 6.02. The molecule has 2 aromatic carbocycles. The molecule has 1 heterocycles. The summed E-state index contributed by atoms with van der Waals surface area (Å²) in [6, 6.07) is 15.4. The van der Waals surface area contributed by atoms with Crippen LogP contribution in [0.5, 0.6) is 0 Å². The van der Waals surface area contributed by atoms with Crippen LogP contribution >= 0.6 is 0 Å². The number of nitrogens with one attached hydrogen (secondary N) is 1. The minimum absolute atomic E-state index is 0.0679. The van der Waals surface area contributed by atoms with Gasteiger partial charge in [-0.25, -0.2) is 5.84 Å². The van der Waals surface area contributed by atoms with Gasteiger partial charge in [0.2, 0.25) is 11.8 Å². The summed E-state index contributed by atoms with van der Waals surface area (Å²) < 4.78 is 5.43. The molecule has 0 bridgehead atoms. The molecule has 0 fully saturated rings. The van der Waals surface area contributed by atoms with Gasteiger partial charge < -0.3 is 31.4 Å². The number of nitrogens with zero attached hydrogens (tertiary/aromatic N) is 2. The van der Waals surface area contributed by atoms with E-state index in [4.69, 9.17) is 22.0 Å². The summed E-state index contributed by atoms with van der Waals surface area (Å²) in [6.45, 7) is 8.62. The van der Waals surface area contributed by atoms with Crippen LogP contribution in [-0.2, 0) is 20.9 Å². The number of hydrazine groups is 1. The summed E-state index contributed by atoms with van der Waals surface area (Å²) in [6.07, 6.45) is 1.19. The molecule has 1 aliphatic heterocycles. The zero-order chi connectivity index (χ0) is 27.7. The number of para-hydroxylation sites is 1. The predicted molar refractivity (Wildman–Crippen MR) is 152 cm³/mol. The van der Waals surface area contributed by atoms with E-state index in [1.165, 1.54) is 0 Å². The van der Waals surface area contributed by atoms with E-state index in [9.17, 15) is 9.59 Å². The van der Waals surface area contributed by atoms with E-state index in [2.05, 4.69) is 5.32 Å². The molecule has 7 N–H and O–H groups in total. The molecule has 0 spiro atoms. The summed E-state index contributed by atoms with van der Waals surface area (Å²) >= 11 is 0. The predicted octanol–water partition coefficient (Wildman–Crippen LogP) is 2.66. The second-order valence-electron chi connectivity index (χ2n) is 9.78. The van der Waals surface area contributed by atoms with E-state index < -0.39 is 5.92 Å². The Balaban J connectivity index is 1.89. The van der Waals surface area contributed by atoms with Crippen LogP contribution in [0.25, 0.3) is 11.4 Å². The van der Waals surface area contributed by atoms with Gasteiger partial charge in [0.1, 0.15) is 0 Å². The molecule has 2 atom stereocenters. The zero-order valence-electron chi connectivity index (χ0n) is 22.8. The highest BCUT2D eigenvalue weighted by Crippen LogP contribution is 2.37. The average Bonchev–Trinajstić information content (AvgIpc) is 2.91. The van der Waals surface area contributed by atoms with Gasteiger partial charge in [0.15, 0.2) is 0 Å². The number of amides is 2. The van der Waals surface area contributed by atoms with Crippen molar-refractivity contribution in [3.8, 4) is 0 Å². The Kier molecular flexibility index (Phi) is 10.7. The molecule has 0 aliphatic carbocycles. The number of rotatable bonds is 12. The molecule has 0 saturated heterocycles. The third kappa shape index (κ3) is 6.92. The molecule has 0 saturated carbocycles. The summed E-state index contributed by atoms with van der Waals surface area (Å²) in [5.74, 6) is 5.70. The lowest BCUT2D eigenvalue weighted by Gasteiger charge is -2.34. The molecule has 9 heteroatoms. The van der Waals surface area contributed by atoms with Gasteiger partial charge in [-0.15, -0.1) is 0 Å². The first-order valence-electron chi connectivity index (χ1n) is 13.4. The molecule has 3 rings (SSSR count). The second-order valence-corrected chi connectivity index (χ2v) is 9.78. The van der Waals surface area contributed by atoms with Crippen LogP contribution < -0.4 is 27.5 Å². The molecular formula is C29H42N6O3. The summed E-state index contributed by atoms with van der Waals surface area (Å²) in [5.41, 5.74) is 16.9. The Bertz CT molecular complexity index is 1130. The van der Waals surface area contributed by atoms with E-state index in [1.807, 2.05) is 69.3 Å². The highest BCUT2D eigenvalue weighted by Gasteiger charge is 2.32. The minimum Gasteiger partial charge on any atom is -0.396 e. The fourth-order valence-corrected chi connectivity index (χ4v) is 4.65. The monoisotopic (exact) mass is 522 g/mol. The summed E-state index contributed by atoms with van der Waals surface area (Å²) in [7, 11) is 0. The van der Waals surface area contributed by atoms with Crippen molar-refractivity contribution in [1.82, 2.24) is 10.3 Å². The quantitative estimate of drug-likeness (QED) is 0.191. The van der Waals surface area contributed by atoms with Crippen molar-refractivity contribution in [2.24, 2.45) is 29.1 Å². The van der Waals surface area contributed by atoms with Crippen LogP contribution in [-0.4, -0.2) is 49.7 Å². The Labute approximate surface area is 225 Å². The van der Waals surface area contributed by atoms with E-state index in [1.54, 1.807) is 9.91 Å². The van der Waals surface area contributed by atoms with Gasteiger partial charge in [0.25, 0.3) is 0 Å². The second kappa shape index (κ2) is 13.9. The van der Waals surface area contributed by atoms with Gasteiger partial charge in [-0.05, 0) is 24.0 Å². The zero-order valence-corrected chi connectivity index (χ0v) is 22.8. The van der Waals surface area contributed by atoms with Crippen LogP contribution in [0.4, 0.5) is 5.69 Å². The van der Waals surface area contributed by atoms with E-state index >= 15 is 0 Å². The number of anilines is 1. The molecule has 2 unspecified atom stereocenters. The number of carbonyl (C=O) groups is 2. The largest absolute Gasteiger partial charge is 0.396 e. The van der Waals surface area contributed by atoms with Crippen LogP contribution in [0.1, 0.15) is 50.3 Å². The average molecular weight is 523 g/mol. The van der Waals surface area contributed by atoms with Crippen molar-refractivity contribution < 1.29 is 14.3 Å². The standard InChI is InChI=1S/C29H42N6O3/c1-4-16-38-17-14-33-26(36)18-20(2)21(3)29(37)34-19-22-9-5-6-10-23(22)28(35(32)15-13-30)27(31)24-11-7-8-12-25(24)34/h5-12,20-21H,4,13-19,30-32H2,1-3H3,(H,33,36)/b28-27-. The number of fused-ring (bicyclic) bond motifs is 2. The molecule has 0 aromatic heterocycles. The van der Waals surface area contributed by atoms with Crippen molar-refractivity contribution >= 4 is 28.9 Å². The van der Waals surface area contributed by atoms with E-state index in [0.717, 1.165) is 23.1 Å². The first kappa shape index (κ1) is 29.2. The van der Waals surface area contributed by atoms with Crippen molar-refractivity contribution in [2.45, 2.75) is 40.2 Å². The molecule has 2 aromatic rings. The first-order chi connectivity index (χ1) is 18.3. The van der Waals surface area contributed by atoms with Gasteiger partial charge in [-0.2, -0.15) is 0 Å². The van der Waals surface area contributed by atoms with Gasteiger partial charge in [0, 0.05) is 49.7 Å². The maximum Gasteiger partial charge on any atom is 0.230 e. The Morgan fingerprint density at radius 1 is 1.08 bits per heavy atom. The van der Waals surface area contributed by atoms with E-state index in [0.29, 0.717) is 56.5 Å². The molecule has 206 valence electrons. The Hall–Kier alpha value is -3.40. The molecule has 2 amide bonds. The Morgan fingerprint density at radius 2 is 1.76 bits per heavy atom. The van der Waals surface area contributed by atoms with Crippen molar-refractivity contribution in [1.29, 1.82) is 0 Å². The SMILES string of the molecule is CCCOCCNC(=O)CC(C)C(C)C(=O)N1Cc2ccccc2/C(N(N)CCN)=C(/N)c2ccccc21. The summed E-state index contributed by atoms with van der Waals surface area (Å²) in [4.78, 5) is 28.3. The fourth-order valence-electron chi connectivity index (χ4n) is 4.65. The molecular weight excluding hydrogens is 480 g/mol. The summed E-state index contributed by atoms with van der Waals surface area (Å²) in [5, 5.41) is 4.47. The van der Waals surface area contributed by atoms with Crippen molar-refractivity contribution in [2.75, 3.05) is 37.7 Å². The highest BCUT2D eigenvalue weighted by atomic mass is 16.5. The number of hydrogen-bond acceptors (Lipinski definition) is 7. The van der Waals surface area contributed by atoms with Crippen molar-refractivity contribution in [3.63, 3.8) is 0 Å². The Morgan fingerprint density at radius 3 is 2.47 bits per heavy atom. The normalized spacial score (nSPS) is 16.5. The number of benzene rings is 2. The van der Waals surface area contributed by atoms with Gasteiger partial charge in [-0.1, -0.05) is 63.2 Å². The maximum atomic E-state index is 14.0. The molecule has 9 nitrogen and oxygen atoms in total. The number of ether oxygens (including phenoxy) is 1. The molecule has 38 heavy (non-hydrogen) atoms. The lowest BCUT2D eigenvalue weighted by atomic mass is 9.89. The minimum atomic E-state index is -0.398. The van der Waals surface area contributed by atoms with Crippen LogP contribution in [0.15, 0.2) is 48.5 Å². The number of nitrogens with two attached hydrogens (primary N) is 3. The van der Waals surface area contributed by atoms with Gasteiger partial charge >= 0.3 is 0 Å². The fraction of sp³-hybridized carbons (Fsp3) is 0.448. The molecule has 1 aliphatic rings. The van der Waals surface area contributed by atoms with Gasteiger partial charge in [0.05, 0.1) is 30.2 Å². The van der Waals surface area contributed by atoms with Crippen LogP contribution in [0.2, 0.25) is 0 Å². The van der Waals surface area contributed by atoms with Crippen LogP contribution in [0.3, 0.4) is 0 Å². The third-order valence-corrected chi connectivity index (χ3v) is 6.93. The molecule has 0 radical (unpaired) electrons. The van der Waals surface area contributed by atoms with Crippen LogP contribution in [0, 0.1) is 11.8 Å². The maximum absolute atomic E-state index is 14.0. The lowest BCUT2D eigenvalue weighted by molar-refractivity contribution is -0.125. The number of carbonyl (C=O) groups excluding carboxylic acids is 2. The third-order valence-electron chi connectivity index (χ3n) is 6.93.